The predicted molar refractivity (Wildman–Crippen MR) is 68.9 cm³/mol. The van der Waals surface area contributed by atoms with Crippen LogP contribution in [0.4, 0.5) is 0 Å². The lowest BCUT2D eigenvalue weighted by Crippen LogP contribution is -1.99. The van der Waals surface area contributed by atoms with Gasteiger partial charge in [-0.1, -0.05) is 12.2 Å². The zero-order valence-electron chi connectivity index (χ0n) is 10.4. The van der Waals surface area contributed by atoms with E-state index in [1.54, 1.807) is 12.2 Å². The molecule has 0 unspecified atom stereocenters. The predicted octanol–water partition coefficient (Wildman–Crippen LogP) is 1.82. The molecule has 0 aromatic rings. The Kier molecular flexibility index (Phi) is 7.59. The number of rotatable bonds is 6. The van der Waals surface area contributed by atoms with Gasteiger partial charge in [0.05, 0.1) is 0 Å². The highest BCUT2D eigenvalue weighted by Gasteiger charge is 1.84. The number of carbonyl (C=O) groups excluding carboxylic acids is 1. The number of nitrogens with zero attached hydrogens (tertiary/aromatic N) is 2. The average molecular weight is 220 g/mol. The highest BCUT2D eigenvalue weighted by molar-refractivity contribution is 5.99. The van der Waals surface area contributed by atoms with Gasteiger partial charge >= 0.3 is 0 Å². The van der Waals surface area contributed by atoms with Crippen LogP contribution < -0.4 is 0 Å². The molecule has 3 heteroatoms. The molecule has 0 fully saturated rings. The van der Waals surface area contributed by atoms with E-state index < -0.39 is 0 Å². The van der Waals surface area contributed by atoms with Crippen LogP contribution in [-0.2, 0) is 4.79 Å². The molecule has 0 bridgehead atoms. The second-order valence-electron chi connectivity index (χ2n) is 3.73. The molecule has 0 aromatic carbocycles. The molecule has 88 valence electrons. The van der Waals surface area contributed by atoms with Crippen LogP contribution in [0, 0.1) is 0 Å². The Morgan fingerprint density at radius 2 is 1.12 bits per heavy atom. The van der Waals surface area contributed by atoms with Crippen molar-refractivity contribution in [2.45, 2.75) is 0 Å². The fourth-order valence-corrected chi connectivity index (χ4v) is 0.800. The van der Waals surface area contributed by atoms with Crippen LogP contribution in [0.25, 0.3) is 0 Å². The van der Waals surface area contributed by atoms with Crippen molar-refractivity contribution >= 4 is 5.78 Å². The van der Waals surface area contributed by atoms with Crippen molar-refractivity contribution in [3.05, 3.63) is 48.9 Å². The monoisotopic (exact) mass is 220 g/mol. The smallest absolute Gasteiger partial charge is 0.178 e. The highest BCUT2D eigenvalue weighted by atomic mass is 16.1. The van der Waals surface area contributed by atoms with Crippen molar-refractivity contribution in [3.8, 4) is 0 Å². The summed E-state index contributed by atoms with van der Waals surface area (Å²) in [5, 5.41) is 0. The van der Waals surface area contributed by atoms with Crippen molar-refractivity contribution in [1.82, 2.24) is 9.80 Å². The van der Waals surface area contributed by atoms with E-state index in [1.165, 1.54) is 12.2 Å². The van der Waals surface area contributed by atoms with Crippen molar-refractivity contribution in [2.75, 3.05) is 28.2 Å². The summed E-state index contributed by atoms with van der Waals surface area (Å²) >= 11 is 0. The van der Waals surface area contributed by atoms with E-state index in [0.29, 0.717) is 0 Å². The van der Waals surface area contributed by atoms with Gasteiger partial charge in [-0.3, -0.25) is 4.79 Å². The first-order valence-electron chi connectivity index (χ1n) is 5.09. The molecule has 0 saturated heterocycles. The summed E-state index contributed by atoms with van der Waals surface area (Å²) in [7, 11) is 7.71. The molecule has 0 amide bonds. The Bertz CT molecular complexity index is 280. The summed E-state index contributed by atoms with van der Waals surface area (Å²) in [6.07, 6.45) is 13.9. The molecule has 0 atom stereocenters. The lowest BCUT2D eigenvalue weighted by atomic mass is 10.3. The van der Waals surface area contributed by atoms with E-state index >= 15 is 0 Å². The Balaban J connectivity index is 3.99. The number of hydrogen-bond donors (Lipinski definition) is 0. The Hall–Kier alpha value is -1.77. The molecule has 0 N–H and O–H groups in total. The van der Waals surface area contributed by atoms with E-state index in [-0.39, 0.29) is 5.78 Å². The lowest BCUT2D eigenvalue weighted by molar-refractivity contribution is -0.110. The summed E-state index contributed by atoms with van der Waals surface area (Å²) in [5.74, 6) is -0.0215. The molecule has 0 aliphatic heterocycles. The number of ketones is 1. The summed E-state index contributed by atoms with van der Waals surface area (Å²) < 4.78 is 0. The molecule has 0 aliphatic rings. The molecule has 16 heavy (non-hydrogen) atoms. The number of hydrogen-bond acceptors (Lipinski definition) is 3. The van der Waals surface area contributed by atoms with Crippen LogP contribution in [0.1, 0.15) is 0 Å². The third kappa shape index (κ3) is 10.3. The van der Waals surface area contributed by atoms with Gasteiger partial charge in [0.15, 0.2) is 5.78 Å². The molecule has 0 radical (unpaired) electrons. The summed E-state index contributed by atoms with van der Waals surface area (Å²) in [4.78, 5) is 15.1. The van der Waals surface area contributed by atoms with Crippen LogP contribution in [-0.4, -0.2) is 43.8 Å². The zero-order valence-corrected chi connectivity index (χ0v) is 10.4. The Labute approximate surface area is 98.0 Å². The lowest BCUT2D eigenvalue weighted by Gasteiger charge is -2.00. The zero-order chi connectivity index (χ0) is 12.4. The van der Waals surface area contributed by atoms with Crippen LogP contribution >= 0.6 is 0 Å². The van der Waals surface area contributed by atoms with Crippen LogP contribution in [0.5, 0.6) is 0 Å². The quantitative estimate of drug-likeness (QED) is 0.504. The van der Waals surface area contributed by atoms with E-state index in [2.05, 4.69) is 0 Å². The van der Waals surface area contributed by atoms with Gasteiger partial charge in [0.1, 0.15) is 0 Å². The maximum absolute atomic E-state index is 11.3. The minimum absolute atomic E-state index is 0.0215. The standard InChI is InChI=1S/C13H20N2O/c1-14(2)11-7-5-9-13(16)10-6-8-12-15(3)4/h5-12H,1-4H3/b9-5+,10-6+,11-7-,12-8+. The third-order valence-corrected chi connectivity index (χ3v) is 1.51. The van der Waals surface area contributed by atoms with Crippen molar-refractivity contribution in [2.24, 2.45) is 0 Å². The maximum Gasteiger partial charge on any atom is 0.178 e. The third-order valence-electron chi connectivity index (χ3n) is 1.51. The maximum atomic E-state index is 11.3. The van der Waals surface area contributed by atoms with Crippen molar-refractivity contribution < 1.29 is 4.79 Å². The Morgan fingerprint density at radius 1 is 0.750 bits per heavy atom. The molecular formula is C13H20N2O. The van der Waals surface area contributed by atoms with E-state index in [4.69, 9.17) is 0 Å². The minimum atomic E-state index is -0.0215. The summed E-state index contributed by atoms with van der Waals surface area (Å²) in [5.41, 5.74) is 0. The van der Waals surface area contributed by atoms with Gasteiger partial charge in [0.25, 0.3) is 0 Å². The first-order valence-corrected chi connectivity index (χ1v) is 5.09. The van der Waals surface area contributed by atoms with E-state index in [9.17, 15) is 4.79 Å². The van der Waals surface area contributed by atoms with Crippen LogP contribution in [0.3, 0.4) is 0 Å². The van der Waals surface area contributed by atoms with Gasteiger partial charge in [0.2, 0.25) is 0 Å². The molecule has 0 heterocycles. The SMILES string of the molecule is CN(C)/C=C\C=C\C(=O)/C=C/C=C/N(C)C. The Morgan fingerprint density at radius 3 is 1.44 bits per heavy atom. The fraction of sp³-hybridized carbons (Fsp3) is 0.308. The molecule has 0 spiro atoms. The molecule has 3 nitrogen and oxygen atoms in total. The van der Waals surface area contributed by atoms with Gasteiger partial charge in [-0.05, 0) is 36.7 Å². The van der Waals surface area contributed by atoms with Crippen LogP contribution in [0.2, 0.25) is 0 Å². The molecule has 0 aromatic heterocycles. The summed E-state index contributed by atoms with van der Waals surface area (Å²) in [6, 6.07) is 0. The minimum Gasteiger partial charge on any atom is -0.383 e. The first kappa shape index (κ1) is 14.2. The number of allylic oxidation sites excluding steroid dienone is 6. The average Bonchev–Trinajstić information content (AvgIpc) is 2.19. The molecule has 0 saturated carbocycles. The second-order valence-corrected chi connectivity index (χ2v) is 3.73. The van der Waals surface area contributed by atoms with Crippen LogP contribution in [0.15, 0.2) is 48.9 Å². The van der Waals surface area contributed by atoms with Gasteiger partial charge in [-0.15, -0.1) is 0 Å². The van der Waals surface area contributed by atoms with Gasteiger partial charge in [-0.25, -0.2) is 0 Å². The highest BCUT2D eigenvalue weighted by Crippen LogP contribution is 1.86. The van der Waals surface area contributed by atoms with Crippen molar-refractivity contribution in [1.29, 1.82) is 0 Å². The topological polar surface area (TPSA) is 23.6 Å². The van der Waals surface area contributed by atoms with E-state index in [1.807, 2.05) is 62.5 Å². The van der Waals surface area contributed by atoms with Gasteiger partial charge in [0, 0.05) is 28.2 Å². The van der Waals surface area contributed by atoms with Gasteiger partial charge < -0.3 is 9.80 Å². The fourth-order valence-electron chi connectivity index (χ4n) is 0.800. The largest absolute Gasteiger partial charge is 0.383 e. The second kappa shape index (κ2) is 8.53. The molecule has 0 rings (SSSR count). The van der Waals surface area contributed by atoms with Crippen molar-refractivity contribution in [3.63, 3.8) is 0 Å². The normalized spacial score (nSPS) is 12.2. The molecular weight excluding hydrogens is 200 g/mol. The van der Waals surface area contributed by atoms with Gasteiger partial charge in [-0.2, -0.15) is 0 Å². The summed E-state index contributed by atoms with van der Waals surface area (Å²) in [6.45, 7) is 0. The first-order chi connectivity index (χ1) is 7.52. The number of carbonyl (C=O) groups is 1. The van der Waals surface area contributed by atoms with E-state index in [0.717, 1.165) is 0 Å². The molecule has 0 aliphatic carbocycles.